The van der Waals surface area contributed by atoms with E-state index in [1.165, 1.54) is 12.8 Å². The van der Waals surface area contributed by atoms with Crippen molar-refractivity contribution < 1.29 is 9.47 Å². The van der Waals surface area contributed by atoms with Crippen molar-refractivity contribution in [2.24, 2.45) is 10.7 Å². The largest absolute Gasteiger partial charge is 0.493 e. The lowest BCUT2D eigenvalue weighted by atomic mass is 10.2. The van der Waals surface area contributed by atoms with Gasteiger partial charge in [-0.3, -0.25) is 4.99 Å². The summed E-state index contributed by atoms with van der Waals surface area (Å²) in [5.41, 5.74) is 6.72. The second-order valence-electron chi connectivity index (χ2n) is 4.97. The molecule has 6 heteroatoms. The minimum Gasteiger partial charge on any atom is -0.493 e. The fraction of sp³-hybridized carbons (Fsp3) is 0.533. The Balaban J connectivity index is 0.00000220. The lowest BCUT2D eigenvalue weighted by Gasteiger charge is -2.17. The summed E-state index contributed by atoms with van der Waals surface area (Å²) in [7, 11) is 3.32. The minimum absolute atomic E-state index is 0. The van der Waals surface area contributed by atoms with Crippen molar-refractivity contribution in [3.8, 4) is 11.5 Å². The van der Waals surface area contributed by atoms with Gasteiger partial charge in [-0.1, -0.05) is 6.07 Å². The normalized spacial score (nSPS) is 15.4. The molecule has 0 atom stereocenters. The molecule has 1 fully saturated rings. The summed E-state index contributed by atoms with van der Waals surface area (Å²) in [6, 6.07) is 5.93. The summed E-state index contributed by atoms with van der Waals surface area (Å²) in [5.74, 6) is 2.02. The molecular formula is C15H24IN3O2. The summed E-state index contributed by atoms with van der Waals surface area (Å²) < 4.78 is 11.4. The third-order valence-corrected chi connectivity index (χ3v) is 3.54. The maximum atomic E-state index is 6.06. The predicted octanol–water partition coefficient (Wildman–Crippen LogP) is 2.67. The molecule has 0 bridgehead atoms. The third-order valence-electron chi connectivity index (χ3n) is 3.54. The first-order valence-electron chi connectivity index (χ1n) is 7.02. The molecule has 0 aliphatic heterocycles. The van der Waals surface area contributed by atoms with Crippen LogP contribution in [0.2, 0.25) is 0 Å². The number of benzene rings is 1. The minimum atomic E-state index is 0. The Labute approximate surface area is 143 Å². The highest BCUT2D eigenvalue weighted by atomic mass is 127. The summed E-state index contributed by atoms with van der Waals surface area (Å²) >= 11 is 0. The van der Waals surface area contributed by atoms with Crippen LogP contribution in [-0.4, -0.2) is 26.2 Å². The number of methoxy groups -OCH3 is 1. The van der Waals surface area contributed by atoms with Gasteiger partial charge in [0.05, 0.1) is 13.2 Å². The first-order valence-corrected chi connectivity index (χ1v) is 7.02. The molecule has 21 heavy (non-hydrogen) atoms. The molecule has 1 saturated carbocycles. The molecule has 118 valence electrons. The summed E-state index contributed by atoms with van der Waals surface area (Å²) in [6.07, 6.45) is 5.06. The predicted molar refractivity (Wildman–Crippen MR) is 95.7 cm³/mol. The van der Waals surface area contributed by atoms with E-state index >= 15 is 0 Å². The fourth-order valence-electron chi connectivity index (χ4n) is 2.38. The fourth-order valence-corrected chi connectivity index (χ4v) is 2.38. The highest BCUT2D eigenvalue weighted by Crippen LogP contribution is 2.32. The van der Waals surface area contributed by atoms with E-state index in [4.69, 9.17) is 15.2 Å². The van der Waals surface area contributed by atoms with Gasteiger partial charge >= 0.3 is 0 Å². The molecule has 2 rings (SSSR count). The maximum Gasteiger partial charge on any atom is 0.188 e. The van der Waals surface area contributed by atoms with Crippen molar-refractivity contribution in [2.75, 3.05) is 14.2 Å². The van der Waals surface area contributed by atoms with Crippen molar-refractivity contribution in [1.29, 1.82) is 0 Å². The van der Waals surface area contributed by atoms with E-state index in [0.717, 1.165) is 29.9 Å². The zero-order chi connectivity index (χ0) is 14.4. The Morgan fingerprint density at radius 1 is 1.33 bits per heavy atom. The lowest BCUT2D eigenvalue weighted by Crippen LogP contribution is -2.30. The molecule has 0 unspecified atom stereocenters. The van der Waals surface area contributed by atoms with E-state index < -0.39 is 0 Å². The third kappa shape index (κ3) is 5.26. The van der Waals surface area contributed by atoms with E-state index in [-0.39, 0.29) is 24.0 Å². The Bertz CT molecular complexity index is 474. The number of hydrogen-bond acceptors (Lipinski definition) is 3. The van der Waals surface area contributed by atoms with Gasteiger partial charge in [-0.15, -0.1) is 24.0 Å². The van der Waals surface area contributed by atoms with Crippen LogP contribution in [0.4, 0.5) is 0 Å². The monoisotopic (exact) mass is 405 g/mol. The summed E-state index contributed by atoms with van der Waals surface area (Å²) in [5, 5.41) is 3.04. The van der Waals surface area contributed by atoms with Crippen molar-refractivity contribution in [3.05, 3.63) is 23.8 Å². The van der Waals surface area contributed by atoms with Gasteiger partial charge in [0.2, 0.25) is 0 Å². The first-order chi connectivity index (χ1) is 9.72. The van der Waals surface area contributed by atoms with Gasteiger partial charge in [0.1, 0.15) is 0 Å². The van der Waals surface area contributed by atoms with Crippen LogP contribution in [-0.2, 0) is 6.54 Å². The van der Waals surface area contributed by atoms with Crippen molar-refractivity contribution in [1.82, 2.24) is 5.32 Å². The number of hydrogen-bond donors (Lipinski definition) is 2. The molecule has 0 radical (unpaired) electrons. The average Bonchev–Trinajstić information content (AvgIpc) is 2.98. The van der Waals surface area contributed by atoms with Crippen molar-refractivity contribution >= 4 is 29.9 Å². The first kappa shape index (κ1) is 17.9. The number of halogens is 1. The van der Waals surface area contributed by atoms with Crippen molar-refractivity contribution in [3.63, 3.8) is 0 Å². The Morgan fingerprint density at radius 2 is 2.05 bits per heavy atom. The van der Waals surface area contributed by atoms with Gasteiger partial charge in [-0.05, 0) is 43.4 Å². The number of nitrogens with zero attached hydrogens (tertiary/aromatic N) is 1. The van der Waals surface area contributed by atoms with E-state index in [1.807, 2.05) is 18.2 Å². The van der Waals surface area contributed by atoms with E-state index in [2.05, 4.69) is 10.3 Å². The van der Waals surface area contributed by atoms with Gasteiger partial charge in [-0.25, -0.2) is 0 Å². The Kier molecular flexibility index (Phi) is 7.63. The van der Waals surface area contributed by atoms with Crippen LogP contribution in [0.1, 0.15) is 31.2 Å². The molecule has 1 aromatic rings. The topological polar surface area (TPSA) is 68.9 Å². The second kappa shape index (κ2) is 8.96. The van der Waals surface area contributed by atoms with Gasteiger partial charge in [0, 0.05) is 13.6 Å². The van der Waals surface area contributed by atoms with Gasteiger partial charge in [-0.2, -0.15) is 0 Å². The second-order valence-corrected chi connectivity index (χ2v) is 4.97. The van der Waals surface area contributed by atoms with Gasteiger partial charge in [0.25, 0.3) is 0 Å². The van der Waals surface area contributed by atoms with Gasteiger partial charge < -0.3 is 20.5 Å². The van der Waals surface area contributed by atoms with E-state index in [0.29, 0.717) is 18.6 Å². The number of rotatable bonds is 5. The van der Waals surface area contributed by atoms with Crippen LogP contribution in [0, 0.1) is 0 Å². The number of nitrogens with two attached hydrogens (primary N) is 1. The molecule has 5 nitrogen and oxygen atoms in total. The smallest absolute Gasteiger partial charge is 0.188 e. The van der Waals surface area contributed by atoms with Crippen LogP contribution in [0.5, 0.6) is 11.5 Å². The maximum absolute atomic E-state index is 6.06. The molecule has 3 N–H and O–H groups in total. The zero-order valence-electron chi connectivity index (χ0n) is 12.6. The highest BCUT2D eigenvalue weighted by molar-refractivity contribution is 14.0. The summed E-state index contributed by atoms with van der Waals surface area (Å²) in [6.45, 7) is 0.619. The average molecular weight is 405 g/mol. The molecule has 0 aromatic heterocycles. The van der Waals surface area contributed by atoms with Gasteiger partial charge in [0.15, 0.2) is 17.5 Å². The molecule has 0 saturated heterocycles. The van der Waals surface area contributed by atoms with Crippen LogP contribution >= 0.6 is 24.0 Å². The molecule has 1 aliphatic rings. The standard InChI is InChI=1S/C15H23N3O2.HI/c1-17-15(16)18-10-11-7-8-13(19-2)14(9-11)20-12-5-3-4-6-12;/h7-9,12H,3-6,10H2,1-2H3,(H3,16,17,18);1H. The number of aliphatic imine (C=N–C) groups is 1. The SMILES string of the molecule is CN=C(N)NCc1ccc(OC)c(OC2CCCC2)c1.I. The Hall–Kier alpha value is -1.18. The van der Waals surface area contributed by atoms with E-state index in [1.54, 1.807) is 14.2 Å². The lowest BCUT2D eigenvalue weighted by molar-refractivity contribution is 0.200. The van der Waals surface area contributed by atoms with Crippen LogP contribution in [0.3, 0.4) is 0 Å². The highest BCUT2D eigenvalue weighted by Gasteiger charge is 2.18. The molecule has 1 aromatic carbocycles. The number of guanidine groups is 1. The number of nitrogens with one attached hydrogen (secondary N) is 1. The Morgan fingerprint density at radius 3 is 2.67 bits per heavy atom. The van der Waals surface area contributed by atoms with Crippen LogP contribution in [0.15, 0.2) is 23.2 Å². The van der Waals surface area contributed by atoms with E-state index in [9.17, 15) is 0 Å². The summed E-state index contributed by atoms with van der Waals surface area (Å²) in [4.78, 5) is 3.87. The number of ether oxygens (including phenoxy) is 2. The zero-order valence-corrected chi connectivity index (χ0v) is 14.9. The molecule has 0 spiro atoms. The van der Waals surface area contributed by atoms with Crippen LogP contribution in [0.25, 0.3) is 0 Å². The molecule has 0 heterocycles. The molecular weight excluding hydrogens is 381 g/mol. The van der Waals surface area contributed by atoms with Crippen molar-refractivity contribution in [2.45, 2.75) is 38.3 Å². The molecule has 0 amide bonds. The quantitative estimate of drug-likeness (QED) is 0.449. The molecule has 1 aliphatic carbocycles. The van der Waals surface area contributed by atoms with Crippen LogP contribution < -0.4 is 20.5 Å².